The molecule has 0 saturated carbocycles. The van der Waals surface area contributed by atoms with E-state index in [9.17, 15) is 29.2 Å². The minimum atomic E-state index is -4.58. The van der Waals surface area contributed by atoms with Crippen molar-refractivity contribution < 1.29 is 56.0 Å². The second kappa shape index (κ2) is 31.7. The van der Waals surface area contributed by atoms with Crippen LogP contribution in [0.25, 0.3) is 44.4 Å². The third-order valence-corrected chi connectivity index (χ3v) is 14.7. The maximum absolute atomic E-state index is 13.2. The fraction of sp³-hybridized carbons (Fsp3) is 0.596. The zero-order valence-corrected chi connectivity index (χ0v) is 47.4. The Hall–Kier alpha value is -5.76. The van der Waals surface area contributed by atoms with Crippen molar-refractivity contribution in [2.45, 2.75) is 142 Å². The van der Waals surface area contributed by atoms with Gasteiger partial charge in [0.15, 0.2) is 22.3 Å². The van der Waals surface area contributed by atoms with Crippen molar-refractivity contribution in [2.24, 2.45) is 0 Å². The molecule has 2 atom stereocenters. The molecule has 1 aliphatic heterocycles. The van der Waals surface area contributed by atoms with Crippen molar-refractivity contribution >= 4 is 63.8 Å². The maximum Gasteiger partial charge on any atom is 0.305 e. The fourth-order valence-electron chi connectivity index (χ4n) is 9.24. The normalized spacial score (nSPS) is 13.1. The summed E-state index contributed by atoms with van der Waals surface area (Å²) in [5, 5.41) is 23.3. The smallest absolute Gasteiger partial charge is 0.305 e. The van der Waals surface area contributed by atoms with Crippen LogP contribution in [0.15, 0.2) is 68.4 Å². The number of non-ortho nitro benzene ring substituents is 1. The molecule has 0 spiro atoms. The van der Waals surface area contributed by atoms with Crippen molar-refractivity contribution in [1.29, 1.82) is 0 Å². The van der Waals surface area contributed by atoms with E-state index in [1.165, 1.54) is 12.1 Å². The number of phosphoric ester groups is 1. The number of carbonyl (C=O) groups is 1. The van der Waals surface area contributed by atoms with E-state index in [-0.39, 0.29) is 48.8 Å². The van der Waals surface area contributed by atoms with Crippen LogP contribution in [0, 0.1) is 10.1 Å². The molecule has 3 aromatic carbocycles. The van der Waals surface area contributed by atoms with E-state index in [2.05, 4.69) is 40.4 Å². The van der Waals surface area contributed by atoms with Crippen molar-refractivity contribution in [1.82, 2.24) is 15.3 Å². The number of nitro groups is 1. The molecule has 1 aliphatic carbocycles. The van der Waals surface area contributed by atoms with E-state index in [1.807, 2.05) is 51.5 Å². The summed E-state index contributed by atoms with van der Waals surface area (Å²) in [4.78, 5) is 56.2. The summed E-state index contributed by atoms with van der Waals surface area (Å²) in [5.74, 6) is 0.782. The van der Waals surface area contributed by atoms with Crippen LogP contribution in [-0.2, 0) is 27.9 Å². The summed E-state index contributed by atoms with van der Waals surface area (Å²) < 4.78 is 51.9. The number of fused-ring (bicyclic) bond motifs is 5. The van der Waals surface area contributed by atoms with Gasteiger partial charge >= 0.3 is 11.7 Å². The molecule has 0 amide bonds. The SMILES string of the molecule is CCN(CC)c1ccc2nc3c4ccc(OCCCCCCCCCCCCOC(COC(=O)CCCCCCCCCCNc5ccc([N+](=O)[O-])c6nonc56)COP(=O)([O-])OCC[N+](C)(C)C)cc4c(=O)cc-3oc2c1. The molecular weight excluding hydrogens is 1020 g/mol. The zero-order valence-electron chi connectivity index (χ0n) is 46.5. The Kier molecular flexibility index (Phi) is 25.0. The van der Waals surface area contributed by atoms with Gasteiger partial charge in [-0.2, -0.15) is 0 Å². The topological polar surface area (TPSA) is 244 Å². The number of anilines is 2. The molecule has 2 heterocycles. The summed E-state index contributed by atoms with van der Waals surface area (Å²) in [7, 11) is 1.23. The number of esters is 1. The first-order valence-electron chi connectivity index (χ1n) is 28.1. The summed E-state index contributed by atoms with van der Waals surface area (Å²) in [6.07, 6.45) is 17.8. The molecule has 0 fully saturated rings. The highest BCUT2D eigenvalue weighted by molar-refractivity contribution is 7.45. The van der Waals surface area contributed by atoms with Gasteiger partial charge in [-0.1, -0.05) is 89.9 Å². The number of quaternary nitrogens is 1. The molecule has 0 radical (unpaired) electrons. The quantitative estimate of drug-likeness (QED) is 0.00549. The van der Waals surface area contributed by atoms with Gasteiger partial charge < -0.3 is 47.3 Å². The van der Waals surface area contributed by atoms with E-state index < -0.39 is 18.8 Å². The average Bonchev–Trinajstić information content (AvgIpc) is 3.97. The number of ether oxygens (including phenoxy) is 3. The largest absolute Gasteiger partial charge is 0.756 e. The first-order valence-corrected chi connectivity index (χ1v) is 29.6. The van der Waals surface area contributed by atoms with Gasteiger partial charge in [0.2, 0.25) is 5.52 Å². The summed E-state index contributed by atoms with van der Waals surface area (Å²) in [6.45, 7) is 7.70. The number of nitro benzene ring substituents is 1. The number of phosphoric acid groups is 1. The molecule has 2 unspecified atom stereocenters. The lowest BCUT2D eigenvalue weighted by atomic mass is 10.0. The van der Waals surface area contributed by atoms with Crippen LogP contribution in [0.4, 0.5) is 17.1 Å². The highest BCUT2D eigenvalue weighted by atomic mass is 31.2. The van der Waals surface area contributed by atoms with E-state index in [4.69, 9.17) is 37.3 Å². The van der Waals surface area contributed by atoms with Crippen molar-refractivity contribution in [2.75, 3.05) is 90.6 Å². The maximum atomic E-state index is 13.2. The fourth-order valence-corrected chi connectivity index (χ4v) is 9.96. The number of carbonyl (C=O) groups excluding carboxylic acids is 1. The summed E-state index contributed by atoms with van der Waals surface area (Å²) >= 11 is 0. The summed E-state index contributed by atoms with van der Waals surface area (Å²) in [6, 6.07) is 16.2. The first-order chi connectivity index (χ1) is 37.6. The average molecular weight is 1100 g/mol. The second-order valence-corrected chi connectivity index (χ2v) is 22.4. The monoisotopic (exact) mass is 1100 g/mol. The predicted molar refractivity (Wildman–Crippen MR) is 301 cm³/mol. The Morgan fingerprint density at radius 1 is 0.756 bits per heavy atom. The third kappa shape index (κ3) is 20.2. The number of aromatic nitrogens is 3. The Morgan fingerprint density at radius 2 is 1.41 bits per heavy atom. The van der Waals surface area contributed by atoms with E-state index in [1.54, 1.807) is 6.07 Å². The Morgan fingerprint density at radius 3 is 2.09 bits per heavy atom. The second-order valence-electron chi connectivity index (χ2n) is 21.0. The molecule has 1 aromatic heterocycles. The van der Waals surface area contributed by atoms with Crippen LogP contribution in [0.3, 0.4) is 0 Å². The number of likely N-dealkylation sites (N-methyl/N-ethyl adjacent to an activating group) is 1. The van der Waals surface area contributed by atoms with Gasteiger partial charge in [0.05, 0.1) is 45.0 Å². The molecule has 2 aliphatic rings. The van der Waals surface area contributed by atoms with Crippen molar-refractivity contribution in [3.63, 3.8) is 0 Å². The minimum Gasteiger partial charge on any atom is -0.756 e. The Bertz CT molecular complexity index is 2870. The van der Waals surface area contributed by atoms with Gasteiger partial charge in [0, 0.05) is 67.3 Å². The molecule has 78 heavy (non-hydrogen) atoms. The lowest BCUT2D eigenvalue weighted by Gasteiger charge is -2.28. The van der Waals surface area contributed by atoms with Crippen molar-refractivity contribution in [3.05, 3.63) is 74.9 Å². The van der Waals surface area contributed by atoms with Crippen LogP contribution in [-0.4, -0.2) is 117 Å². The van der Waals surface area contributed by atoms with Gasteiger partial charge in [0.1, 0.15) is 42.8 Å². The molecule has 21 heteroatoms. The van der Waals surface area contributed by atoms with Crippen LogP contribution < -0.4 is 25.3 Å². The molecule has 6 rings (SSSR count). The van der Waals surface area contributed by atoms with Gasteiger partial charge in [0.25, 0.3) is 7.82 Å². The van der Waals surface area contributed by atoms with E-state index in [0.717, 1.165) is 139 Å². The standard InChI is InChI=1S/C57H82N7O13P/c1-6-62(7-2)43-27-30-48-52(38-43)76-53-40-51(65)47-39-44(28-29-46(47)55(53)59-48)71-35-24-20-16-12-8-9-13-17-21-25-36-72-45(42-75-78(69,70)74-37-34-64(3,4)5)41-73-54(66)26-22-18-14-10-11-15-19-23-33-58-49-31-32-50(63(67)68)57-56(49)60-77-61-57/h27-32,38-40,45H,6-26,33-37,41-42H2,1-5H3,(H-,58,61,69,70). The van der Waals surface area contributed by atoms with Gasteiger partial charge in [-0.05, 0) is 86.2 Å². The number of benzene rings is 4. The zero-order chi connectivity index (χ0) is 55.8. The lowest BCUT2D eigenvalue weighted by Crippen LogP contribution is -2.37. The van der Waals surface area contributed by atoms with Gasteiger partial charge in [-0.25, -0.2) is 9.61 Å². The first kappa shape index (κ1) is 61.5. The Labute approximate surface area is 458 Å². The molecule has 428 valence electrons. The molecule has 20 nitrogen and oxygen atoms in total. The predicted octanol–water partition coefficient (Wildman–Crippen LogP) is 11.8. The highest BCUT2D eigenvalue weighted by Gasteiger charge is 2.22. The van der Waals surface area contributed by atoms with E-state index >= 15 is 0 Å². The Balaban J connectivity index is 0.793. The number of nitrogens with one attached hydrogen (secondary N) is 1. The molecule has 0 saturated heterocycles. The van der Waals surface area contributed by atoms with Crippen LogP contribution in [0.1, 0.15) is 136 Å². The molecule has 0 bridgehead atoms. The van der Waals surface area contributed by atoms with Gasteiger partial charge in [-0.3, -0.25) is 24.3 Å². The van der Waals surface area contributed by atoms with Crippen molar-refractivity contribution in [3.8, 4) is 17.2 Å². The highest BCUT2D eigenvalue weighted by Crippen LogP contribution is 2.39. The molecule has 4 aromatic rings. The van der Waals surface area contributed by atoms with E-state index in [0.29, 0.717) is 76.6 Å². The number of hydrogen-bond donors (Lipinski definition) is 1. The van der Waals surface area contributed by atoms with Gasteiger partial charge in [-0.15, -0.1) is 0 Å². The number of hydrogen-bond acceptors (Lipinski definition) is 18. The number of rotatable bonds is 40. The van der Waals surface area contributed by atoms with Crippen LogP contribution >= 0.6 is 7.82 Å². The van der Waals surface area contributed by atoms with Crippen LogP contribution in [0.2, 0.25) is 0 Å². The molecular formula is C57H82N7O13P. The summed E-state index contributed by atoms with van der Waals surface area (Å²) in [5.41, 5.74) is 3.96. The number of nitrogens with zero attached hydrogens (tertiary/aromatic N) is 6. The lowest BCUT2D eigenvalue weighted by molar-refractivity contribution is -0.870. The molecule has 1 N–H and O–H groups in total. The van der Waals surface area contributed by atoms with Crippen LogP contribution in [0.5, 0.6) is 5.75 Å². The minimum absolute atomic E-state index is 0.0136. The third-order valence-electron chi connectivity index (χ3n) is 13.8. The number of unbranched alkanes of at least 4 members (excludes halogenated alkanes) is 16.